The first-order valence-electron chi connectivity index (χ1n) is 8.10. The molecule has 1 heterocycles. The second-order valence-corrected chi connectivity index (χ2v) is 5.71. The molecule has 4 nitrogen and oxygen atoms in total. The number of ether oxygens (including phenoxy) is 2. The Bertz CT molecular complexity index is 442. The van der Waals surface area contributed by atoms with Gasteiger partial charge in [-0.25, -0.2) is 0 Å². The Morgan fingerprint density at radius 2 is 1.86 bits per heavy atom. The fourth-order valence-electron chi connectivity index (χ4n) is 2.55. The predicted octanol–water partition coefficient (Wildman–Crippen LogP) is 2.06. The largest absolute Gasteiger partial charge is 0.491 e. The summed E-state index contributed by atoms with van der Waals surface area (Å²) in [6.07, 6.45) is 2.73. The normalized spacial score (nSPS) is 16.6. The maximum atomic E-state index is 5.80. The van der Waals surface area contributed by atoms with Crippen molar-refractivity contribution in [2.24, 2.45) is 0 Å². The summed E-state index contributed by atoms with van der Waals surface area (Å²) in [4.78, 5) is 4.83. The smallest absolute Gasteiger partial charge is 0.122 e. The molecule has 122 valence electrons. The molecule has 0 N–H and O–H groups in total. The van der Waals surface area contributed by atoms with Gasteiger partial charge in [-0.2, -0.15) is 0 Å². The predicted molar refractivity (Wildman–Crippen MR) is 90.6 cm³/mol. The topological polar surface area (TPSA) is 24.9 Å². The van der Waals surface area contributed by atoms with Crippen LogP contribution >= 0.6 is 0 Å². The summed E-state index contributed by atoms with van der Waals surface area (Å²) in [5.74, 6) is 0.935. The average molecular weight is 304 g/mol. The minimum Gasteiger partial charge on any atom is -0.491 e. The van der Waals surface area contributed by atoms with Gasteiger partial charge in [0, 0.05) is 32.7 Å². The van der Waals surface area contributed by atoms with Crippen molar-refractivity contribution < 1.29 is 9.47 Å². The number of para-hydroxylation sites is 1. The molecule has 1 fully saturated rings. The Kier molecular flexibility index (Phi) is 7.43. The van der Waals surface area contributed by atoms with E-state index in [-0.39, 0.29) is 0 Å². The maximum Gasteiger partial charge on any atom is 0.122 e. The van der Waals surface area contributed by atoms with Crippen LogP contribution in [-0.4, -0.2) is 69.4 Å². The lowest BCUT2D eigenvalue weighted by Gasteiger charge is -2.32. The van der Waals surface area contributed by atoms with Crippen LogP contribution in [0.1, 0.15) is 5.56 Å². The van der Waals surface area contributed by atoms with E-state index >= 15 is 0 Å². The zero-order valence-corrected chi connectivity index (χ0v) is 13.7. The molecule has 1 saturated heterocycles. The van der Waals surface area contributed by atoms with Gasteiger partial charge in [0.05, 0.1) is 13.2 Å². The molecule has 22 heavy (non-hydrogen) atoms. The van der Waals surface area contributed by atoms with Crippen molar-refractivity contribution >= 4 is 0 Å². The molecular weight excluding hydrogens is 276 g/mol. The summed E-state index contributed by atoms with van der Waals surface area (Å²) in [6, 6.07) is 8.10. The standard InChI is InChI=1S/C18H28N2O2/c1-3-6-17-7-4-5-8-18(17)22-16-15-21-14-13-20-11-9-19(2)10-12-20/h3-5,7-8H,1,6,9-16H2,2H3. The Hall–Kier alpha value is -1.36. The minimum absolute atomic E-state index is 0.594. The Labute approximate surface area is 134 Å². The molecule has 0 spiro atoms. The van der Waals surface area contributed by atoms with Gasteiger partial charge in [0.2, 0.25) is 0 Å². The minimum atomic E-state index is 0.594. The fourth-order valence-corrected chi connectivity index (χ4v) is 2.55. The molecule has 2 rings (SSSR count). The van der Waals surface area contributed by atoms with Crippen LogP contribution in [0.25, 0.3) is 0 Å². The van der Waals surface area contributed by atoms with Gasteiger partial charge < -0.3 is 14.4 Å². The molecule has 1 aliphatic rings. The van der Waals surface area contributed by atoms with Gasteiger partial charge in [0.25, 0.3) is 0 Å². The van der Waals surface area contributed by atoms with Crippen LogP contribution in [0.4, 0.5) is 0 Å². The van der Waals surface area contributed by atoms with Crippen molar-refractivity contribution in [1.29, 1.82) is 0 Å². The summed E-state index contributed by atoms with van der Waals surface area (Å²) < 4.78 is 11.5. The molecule has 0 aliphatic carbocycles. The van der Waals surface area contributed by atoms with E-state index in [1.165, 1.54) is 5.56 Å². The van der Waals surface area contributed by atoms with Crippen molar-refractivity contribution in [3.63, 3.8) is 0 Å². The van der Waals surface area contributed by atoms with E-state index < -0.39 is 0 Å². The molecule has 0 unspecified atom stereocenters. The highest BCUT2D eigenvalue weighted by Crippen LogP contribution is 2.18. The molecular formula is C18H28N2O2. The molecule has 0 bridgehead atoms. The van der Waals surface area contributed by atoms with Crippen molar-refractivity contribution in [3.05, 3.63) is 42.5 Å². The van der Waals surface area contributed by atoms with E-state index in [0.29, 0.717) is 13.2 Å². The molecule has 0 radical (unpaired) electrons. The van der Waals surface area contributed by atoms with Gasteiger partial charge in [0.15, 0.2) is 0 Å². The van der Waals surface area contributed by atoms with Crippen LogP contribution in [0.2, 0.25) is 0 Å². The Morgan fingerprint density at radius 1 is 1.09 bits per heavy atom. The average Bonchev–Trinajstić information content (AvgIpc) is 2.54. The molecule has 1 aromatic carbocycles. The summed E-state index contributed by atoms with van der Waals surface area (Å²) in [6.45, 7) is 11.4. The van der Waals surface area contributed by atoms with Gasteiger partial charge in [0.1, 0.15) is 12.4 Å². The Balaban J connectivity index is 1.57. The van der Waals surface area contributed by atoms with E-state index in [1.54, 1.807) is 0 Å². The van der Waals surface area contributed by atoms with E-state index in [9.17, 15) is 0 Å². The number of rotatable bonds is 9. The first kappa shape index (κ1) is 17.0. The number of likely N-dealkylation sites (N-methyl/N-ethyl adjacent to an activating group) is 1. The van der Waals surface area contributed by atoms with Gasteiger partial charge in [-0.15, -0.1) is 6.58 Å². The lowest BCUT2D eigenvalue weighted by molar-refractivity contribution is 0.0656. The van der Waals surface area contributed by atoms with E-state index in [0.717, 1.165) is 51.5 Å². The second kappa shape index (κ2) is 9.62. The fraction of sp³-hybridized carbons (Fsp3) is 0.556. The number of hydrogen-bond acceptors (Lipinski definition) is 4. The SMILES string of the molecule is C=CCc1ccccc1OCCOCCN1CCN(C)CC1. The Morgan fingerprint density at radius 3 is 2.64 bits per heavy atom. The highest BCUT2D eigenvalue weighted by Gasteiger charge is 2.12. The van der Waals surface area contributed by atoms with E-state index in [4.69, 9.17) is 9.47 Å². The van der Waals surface area contributed by atoms with Gasteiger partial charge in [-0.3, -0.25) is 4.90 Å². The van der Waals surface area contributed by atoms with Crippen molar-refractivity contribution in [3.8, 4) is 5.75 Å². The molecule has 4 heteroatoms. The lowest BCUT2D eigenvalue weighted by atomic mass is 10.1. The van der Waals surface area contributed by atoms with Crippen LogP contribution in [0, 0.1) is 0 Å². The zero-order valence-electron chi connectivity index (χ0n) is 13.7. The molecule has 0 saturated carbocycles. The van der Waals surface area contributed by atoms with Gasteiger partial charge >= 0.3 is 0 Å². The summed E-state index contributed by atoms with van der Waals surface area (Å²) >= 11 is 0. The van der Waals surface area contributed by atoms with Crippen LogP contribution in [0.5, 0.6) is 5.75 Å². The summed E-state index contributed by atoms with van der Waals surface area (Å²) in [7, 11) is 2.18. The van der Waals surface area contributed by atoms with Crippen LogP contribution < -0.4 is 4.74 Å². The van der Waals surface area contributed by atoms with Crippen LogP contribution in [-0.2, 0) is 11.2 Å². The first-order chi connectivity index (χ1) is 10.8. The third-order valence-corrected chi connectivity index (χ3v) is 3.97. The maximum absolute atomic E-state index is 5.80. The zero-order chi connectivity index (χ0) is 15.6. The van der Waals surface area contributed by atoms with Crippen LogP contribution in [0.3, 0.4) is 0 Å². The highest BCUT2D eigenvalue weighted by molar-refractivity contribution is 5.34. The summed E-state index contributed by atoms with van der Waals surface area (Å²) in [5, 5.41) is 0. The first-order valence-corrected chi connectivity index (χ1v) is 8.10. The van der Waals surface area contributed by atoms with Crippen LogP contribution in [0.15, 0.2) is 36.9 Å². The number of nitrogens with zero attached hydrogens (tertiary/aromatic N) is 2. The van der Waals surface area contributed by atoms with Crippen molar-refractivity contribution in [2.75, 3.05) is 59.6 Å². The van der Waals surface area contributed by atoms with Gasteiger partial charge in [-0.1, -0.05) is 24.3 Å². The highest BCUT2D eigenvalue weighted by atomic mass is 16.5. The van der Waals surface area contributed by atoms with Crippen molar-refractivity contribution in [1.82, 2.24) is 9.80 Å². The molecule has 1 aliphatic heterocycles. The monoisotopic (exact) mass is 304 g/mol. The third kappa shape index (κ3) is 5.79. The number of allylic oxidation sites excluding steroid dienone is 1. The second-order valence-electron chi connectivity index (χ2n) is 5.71. The molecule has 0 aromatic heterocycles. The van der Waals surface area contributed by atoms with Gasteiger partial charge in [-0.05, 0) is 25.1 Å². The van der Waals surface area contributed by atoms with Crippen molar-refractivity contribution in [2.45, 2.75) is 6.42 Å². The molecule has 0 amide bonds. The summed E-state index contributed by atoms with van der Waals surface area (Å²) in [5.41, 5.74) is 1.18. The lowest BCUT2D eigenvalue weighted by Crippen LogP contribution is -2.45. The molecule has 0 atom stereocenters. The number of piperazine rings is 1. The molecule has 1 aromatic rings. The van der Waals surface area contributed by atoms with E-state index in [2.05, 4.69) is 29.5 Å². The number of benzene rings is 1. The van der Waals surface area contributed by atoms with E-state index in [1.807, 2.05) is 24.3 Å². The quantitative estimate of drug-likeness (QED) is 0.515. The third-order valence-electron chi connectivity index (χ3n) is 3.97. The number of hydrogen-bond donors (Lipinski definition) is 0.